The van der Waals surface area contributed by atoms with Crippen LogP contribution in [0.1, 0.15) is 27.8 Å². The number of nitrogens with zero attached hydrogens (tertiary/aromatic N) is 4. The minimum Gasteiger partial charge on any atom is -0.208 e. The molecule has 0 saturated carbocycles. The number of fused-ring (bicyclic) bond motifs is 3. The Morgan fingerprint density at radius 3 is 1.44 bits per heavy atom. The molecule has 0 amide bonds. The summed E-state index contributed by atoms with van der Waals surface area (Å²) in [5, 5.41) is 10.2. The Balaban J connectivity index is 1.05. The van der Waals surface area contributed by atoms with Crippen LogP contribution in [0.15, 0.2) is 231 Å². The van der Waals surface area contributed by atoms with Crippen LogP contribution in [0.2, 0.25) is 0 Å². The van der Waals surface area contributed by atoms with Crippen molar-refractivity contribution < 1.29 is 0 Å². The summed E-state index contributed by atoms with van der Waals surface area (Å²) in [6.07, 6.45) is 0. The maximum Gasteiger partial charge on any atom is 0.164 e. The highest BCUT2D eigenvalue weighted by atomic mass is 15.0. The normalized spacial score (nSPS) is 12.2. The predicted octanol–water partition coefficient (Wildman–Crippen LogP) is 14.1. The van der Waals surface area contributed by atoms with Gasteiger partial charge in [0.1, 0.15) is 0 Å². The number of rotatable bonds is 8. The zero-order chi connectivity index (χ0) is 42.2. The summed E-state index contributed by atoms with van der Waals surface area (Å²) < 4.78 is 0. The minimum atomic E-state index is -0.577. The molecule has 0 saturated heterocycles. The van der Waals surface area contributed by atoms with E-state index in [1.54, 1.807) is 0 Å². The van der Waals surface area contributed by atoms with E-state index in [1.807, 2.05) is 48.5 Å². The number of nitriles is 1. The molecule has 1 heterocycles. The second kappa shape index (κ2) is 15.8. The summed E-state index contributed by atoms with van der Waals surface area (Å²) in [7, 11) is 0. The van der Waals surface area contributed by atoms with Gasteiger partial charge in [-0.05, 0) is 91.0 Å². The second-order valence-corrected chi connectivity index (χ2v) is 15.8. The highest BCUT2D eigenvalue weighted by molar-refractivity contribution is 5.96. The fourth-order valence-electron chi connectivity index (χ4n) is 9.45. The number of benzene rings is 9. The molecule has 4 nitrogen and oxygen atoms in total. The van der Waals surface area contributed by atoms with Gasteiger partial charge in [0.2, 0.25) is 0 Å². The number of hydrogen-bond acceptors (Lipinski definition) is 4. The van der Waals surface area contributed by atoms with E-state index in [9.17, 15) is 5.26 Å². The SMILES string of the molecule is N#Cc1ccc2c(c1)-c1c(-c3cccc(-c4cccc(-c5nc(-c6ccccc6)nc(-c6ccccc6-c6ccccc6)n5)c4)c3)cccc1C2(c1ccccc1)c1ccccc1. The number of aromatic nitrogens is 3. The summed E-state index contributed by atoms with van der Waals surface area (Å²) in [5.41, 5.74) is 16.2. The molecule has 0 aliphatic heterocycles. The van der Waals surface area contributed by atoms with Crippen molar-refractivity contribution in [3.05, 3.63) is 258 Å². The van der Waals surface area contributed by atoms with E-state index in [-0.39, 0.29) is 0 Å². The third-order valence-corrected chi connectivity index (χ3v) is 12.3. The lowest BCUT2D eigenvalue weighted by Gasteiger charge is -2.34. The Bertz CT molecular complexity index is 3300. The molecule has 0 atom stereocenters. The molecule has 0 N–H and O–H groups in total. The minimum absolute atomic E-state index is 0.577. The van der Waals surface area contributed by atoms with Crippen molar-refractivity contribution in [3.63, 3.8) is 0 Å². The Morgan fingerprint density at radius 2 is 0.794 bits per heavy atom. The van der Waals surface area contributed by atoms with Gasteiger partial charge in [0, 0.05) is 16.7 Å². The fourth-order valence-corrected chi connectivity index (χ4v) is 9.45. The fraction of sp³-hybridized carbons (Fsp3) is 0.0169. The molecule has 4 heteroatoms. The molecule has 0 radical (unpaired) electrons. The molecule has 10 aromatic rings. The van der Waals surface area contributed by atoms with Crippen molar-refractivity contribution >= 4 is 0 Å². The summed E-state index contributed by atoms with van der Waals surface area (Å²) in [4.78, 5) is 15.3. The number of hydrogen-bond donors (Lipinski definition) is 0. The van der Waals surface area contributed by atoms with Gasteiger partial charge >= 0.3 is 0 Å². The van der Waals surface area contributed by atoms with E-state index < -0.39 is 5.41 Å². The molecule has 63 heavy (non-hydrogen) atoms. The average molecular weight is 803 g/mol. The van der Waals surface area contributed by atoms with Gasteiger partial charge in [-0.25, -0.2) is 15.0 Å². The van der Waals surface area contributed by atoms with Crippen molar-refractivity contribution in [3.8, 4) is 84.7 Å². The summed E-state index contributed by atoms with van der Waals surface area (Å²) >= 11 is 0. The standard InChI is InChI=1S/C59H38N4/c60-39-40-34-35-53-52(36-40)55-50(32-17-33-54(55)59(53,47-26-9-3-10-27-47)48-28-11-4-12-29-48)45-24-15-22-43(37-45)44-23-16-25-46(38-44)57-61-56(42-20-7-2-8-21-42)62-58(63-57)51-31-14-13-30-49(51)41-18-5-1-6-19-41/h1-38H. The van der Waals surface area contributed by atoms with Crippen LogP contribution in [0.25, 0.3) is 78.7 Å². The average Bonchev–Trinajstić information content (AvgIpc) is 3.68. The monoisotopic (exact) mass is 802 g/mol. The molecule has 1 aliphatic carbocycles. The third kappa shape index (κ3) is 6.52. The van der Waals surface area contributed by atoms with E-state index in [1.165, 1.54) is 22.3 Å². The predicted molar refractivity (Wildman–Crippen MR) is 254 cm³/mol. The topological polar surface area (TPSA) is 62.5 Å². The molecule has 294 valence electrons. The largest absolute Gasteiger partial charge is 0.208 e. The zero-order valence-electron chi connectivity index (χ0n) is 34.2. The molecular weight excluding hydrogens is 765 g/mol. The maximum atomic E-state index is 10.2. The van der Waals surface area contributed by atoms with E-state index >= 15 is 0 Å². The second-order valence-electron chi connectivity index (χ2n) is 15.8. The molecule has 0 unspecified atom stereocenters. The van der Waals surface area contributed by atoms with Crippen LogP contribution in [0, 0.1) is 11.3 Å². The highest BCUT2D eigenvalue weighted by Gasteiger charge is 2.47. The van der Waals surface area contributed by atoms with Gasteiger partial charge in [-0.1, -0.05) is 206 Å². The van der Waals surface area contributed by atoms with Crippen molar-refractivity contribution in [2.45, 2.75) is 5.41 Å². The molecule has 1 aromatic heterocycles. The Labute approximate surface area is 367 Å². The molecule has 1 aliphatic rings. The van der Waals surface area contributed by atoms with E-state index in [2.05, 4.69) is 188 Å². The molecule has 0 spiro atoms. The molecule has 9 aromatic carbocycles. The van der Waals surface area contributed by atoms with Crippen molar-refractivity contribution in [1.82, 2.24) is 15.0 Å². The van der Waals surface area contributed by atoms with Crippen molar-refractivity contribution in [1.29, 1.82) is 5.26 Å². The van der Waals surface area contributed by atoms with E-state index in [4.69, 9.17) is 15.0 Å². The third-order valence-electron chi connectivity index (χ3n) is 12.3. The zero-order valence-corrected chi connectivity index (χ0v) is 34.2. The lowest BCUT2D eigenvalue weighted by atomic mass is 9.67. The Kier molecular flexibility index (Phi) is 9.41. The van der Waals surface area contributed by atoms with Gasteiger partial charge in [0.15, 0.2) is 17.5 Å². The smallest absolute Gasteiger partial charge is 0.164 e. The lowest BCUT2D eigenvalue weighted by Crippen LogP contribution is -2.28. The van der Waals surface area contributed by atoms with E-state index in [0.717, 1.165) is 61.2 Å². The summed E-state index contributed by atoms with van der Waals surface area (Å²) in [6, 6.07) is 82.8. The molecular formula is C59H38N4. The van der Waals surface area contributed by atoms with Crippen molar-refractivity contribution in [2.75, 3.05) is 0 Å². The van der Waals surface area contributed by atoms with Gasteiger partial charge in [-0.15, -0.1) is 0 Å². The lowest BCUT2D eigenvalue weighted by molar-refractivity contribution is 0.768. The van der Waals surface area contributed by atoms with Crippen LogP contribution in [-0.2, 0) is 5.41 Å². The van der Waals surface area contributed by atoms with Gasteiger partial charge in [-0.3, -0.25) is 0 Å². The Hall–Kier alpha value is -8.52. The first-order chi connectivity index (χ1) is 31.2. The van der Waals surface area contributed by atoms with Gasteiger partial charge in [-0.2, -0.15) is 5.26 Å². The molecule has 0 fully saturated rings. The van der Waals surface area contributed by atoms with Crippen molar-refractivity contribution in [2.24, 2.45) is 0 Å². The first kappa shape index (κ1) is 37.5. The molecule has 11 rings (SSSR count). The van der Waals surface area contributed by atoms with Crippen LogP contribution in [0.4, 0.5) is 0 Å². The van der Waals surface area contributed by atoms with Gasteiger partial charge in [0.05, 0.1) is 17.0 Å². The summed E-state index contributed by atoms with van der Waals surface area (Å²) in [5.74, 6) is 1.83. The Morgan fingerprint density at radius 1 is 0.317 bits per heavy atom. The first-order valence-corrected chi connectivity index (χ1v) is 21.2. The van der Waals surface area contributed by atoms with Crippen LogP contribution in [0.5, 0.6) is 0 Å². The first-order valence-electron chi connectivity index (χ1n) is 21.2. The molecule has 0 bridgehead atoms. The summed E-state index contributed by atoms with van der Waals surface area (Å²) in [6.45, 7) is 0. The van der Waals surface area contributed by atoms with Crippen LogP contribution < -0.4 is 0 Å². The van der Waals surface area contributed by atoms with Crippen LogP contribution >= 0.6 is 0 Å². The van der Waals surface area contributed by atoms with Gasteiger partial charge in [0.25, 0.3) is 0 Å². The maximum absolute atomic E-state index is 10.2. The van der Waals surface area contributed by atoms with Gasteiger partial charge < -0.3 is 0 Å². The van der Waals surface area contributed by atoms with Crippen LogP contribution in [0.3, 0.4) is 0 Å². The quantitative estimate of drug-likeness (QED) is 0.153. The van der Waals surface area contributed by atoms with Crippen LogP contribution in [-0.4, -0.2) is 15.0 Å². The highest BCUT2D eigenvalue weighted by Crippen LogP contribution is 2.58. The van der Waals surface area contributed by atoms with E-state index in [0.29, 0.717) is 23.0 Å².